The van der Waals surface area contributed by atoms with Gasteiger partial charge < -0.3 is 20.4 Å². The lowest BCUT2D eigenvalue weighted by molar-refractivity contribution is 0.313. The quantitative estimate of drug-likeness (QED) is 0.303. The van der Waals surface area contributed by atoms with Crippen molar-refractivity contribution in [1.29, 1.82) is 0 Å². The second kappa shape index (κ2) is 11.6. The van der Waals surface area contributed by atoms with E-state index in [4.69, 9.17) is 0 Å². The molecule has 0 bridgehead atoms. The smallest absolute Gasteiger partial charge is 0.227 e. The van der Waals surface area contributed by atoms with Crippen LogP contribution in [-0.4, -0.2) is 72.2 Å². The Morgan fingerprint density at radius 3 is 2.42 bits per heavy atom. The van der Waals surface area contributed by atoms with E-state index in [-0.39, 0.29) is 28.6 Å². The Hall–Kier alpha value is -3.97. The molecular weight excluding hydrogens is 538 g/mol. The maximum atomic E-state index is 15.3. The average molecular weight is 569 g/mol. The van der Waals surface area contributed by atoms with Crippen molar-refractivity contribution in [1.82, 2.24) is 24.8 Å². The van der Waals surface area contributed by atoms with E-state index in [9.17, 15) is 12.8 Å². The van der Waals surface area contributed by atoms with Gasteiger partial charge in [-0.1, -0.05) is 13.0 Å². The molecule has 0 amide bonds. The van der Waals surface area contributed by atoms with Crippen molar-refractivity contribution in [3.05, 3.63) is 66.1 Å². The summed E-state index contributed by atoms with van der Waals surface area (Å²) in [7, 11) is -1.42. The molecule has 210 valence electrons. The minimum absolute atomic E-state index is 0.0484. The number of hydrogen-bond donors (Lipinski definition) is 2. The third-order valence-electron chi connectivity index (χ3n) is 6.67. The molecule has 0 aliphatic carbocycles. The molecule has 5 rings (SSSR count). The molecule has 2 aromatic heterocycles. The second-order valence-corrected chi connectivity index (χ2v) is 11.9. The standard InChI is InChI=1S/C27H30F2N8O2S/c1-3-14-40(38,39)16-18-4-9-21(28)24(23(18)29)34-26-25-22(31-17-32-26)15-30-27(35-25)33-19-5-7-20(8-6-19)37-12-10-36(2)11-13-37/h4-9,15,17H,3,10-14,16H2,1-2H3,(H,30,33,35)(H,31,32,34). The maximum absolute atomic E-state index is 15.3. The van der Waals surface area contributed by atoms with Gasteiger partial charge in [-0.25, -0.2) is 37.1 Å². The number of rotatable bonds is 9. The van der Waals surface area contributed by atoms with Crippen LogP contribution in [0.1, 0.15) is 18.9 Å². The zero-order valence-corrected chi connectivity index (χ0v) is 23.0. The van der Waals surface area contributed by atoms with Gasteiger partial charge in [0.25, 0.3) is 0 Å². The Bertz CT molecular complexity index is 1610. The highest BCUT2D eigenvalue weighted by Crippen LogP contribution is 2.29. The fourth-order valence-electron chi connectivity index (χ4n) is 4.52. The number of hydrogen-bond acceptors (Lipinski definition) is 10. The maximum Gasteiger partial charge on any atom is 0.227 e. The Balaban J connectivity index is 1.38. The second-order valence-electron chi connectivity index (χ2n) is 9.72. The molecule has 2 N–H and O–H groups in total. The lowest BCUT2D eigenvalue weighted by atomic mass is 10.2. The first-order valence-corrected chi connectivity index (χ1v) is 14.8. The van der Waals surface area contributed by atoms with Crippen LogP contribution in [0.5, 0.6) is 0 Å². The molecule has 1 fully saturated rings. The number of nitrogens with zero attached hydrogens (tertiary/aromatic N) is 6. The number of sulfone groups is 1. The number of likely N-dealkylation sites (N-methyl/N-ethyl adjacent to an activating group) is 1. The number of fused-ring (bicyclic) bond motifs is 1. The van der Waals surface area contributed by atoms with Crippen LogP contribution >= 0.6 is 0 Å². The number of nitrogens with one attached hydrogen (secondary N) is 2. The van der Waals surface area contributed by atoms with Crippen LogP contribution in [-0.2, 0) is 15.6 Å². The highest BCUT2D eigenvalue weighted by atomic mass is 32.2. The van der Waals surface area contributed by atoms with Crippen LogP contribution in [0.4, 0.5) is 37.6 Å². The van der Waals surface area contributed by atoms with E-state index in [0.717, 1.165) is 49.7 Å². The SMILES string of the molecule is CCCS(=O)(=O)Cc1ccc(F)c(Nc2ncnc3cnc(Nc4ccc(N5CCN(C)CC5)cc4)nc23)c1F. The number of halogens is 2. The van der Waals surface area contributed by atoms with E-state index >= 15 is 4.39 Å². The first-order valence-electron chi connectivity index (χ1n) is 12.9. The number of aromatic nitrogens is 4. The molecule has 1 saturated heterocycles. The summed E-state index contributed by atoms with van der Waals surface area (Å²) in [6, 6.07) is 10.1. The molecule has 0 atom stereocenters. The van der Waals surface area contributed by atoms with E-state index in [1.165, 1.54) is 12.5 Å². The van der Waals surface area contributed by atoms with E-state index in [2.05, 4.69) is 47.4 Å². The van der Waals surface area contributed by atoms with E-state index in [1.807, 2.05) is 24.3 Å². The summed E-state index contributed by atoms with van der Waals surface area (Å²) in [4.78, 5) is 21.7. The van der Waals surface area contributed by atoms with Crippen LogP contribution in [0, 0.1) is 11.6 Å². The summed E-state index contributed by atoms with van der Waals surface area (Å²) < 4.78 is 54.5. The predicted octanol–water partition coefficient (Wildman–Crippen LogP) is 4.26. The molecule has 4 aromatic rings. The minimum Gasteiger partial charge on any atom is -0.369 e. The van der Waals surface area contributed by atoms with Crippen molar-refractivity contribution in [3.8, 4) is 0 Å². The van der Waals surface area contributed by atoms with Crippen molar-refractivity contribution in [2.75, 3.05) is 54.5 Å². The van der Waals surface area contributed by atoms with E-state index < -0.39 is 32.9 Å². The molecule has 13 heteroatoms. The number of benzene rings is 2. The van der Waals surface area contributed by atoms with E-state index in [1.54, 1.807) is 6.92 Å². The van der Waals surface area contributed by atoms with Gasteiger partial charge in [0.1, 0.15) is 28.9 Å². The summed E-state index contributed by atoms with van der Waals surface area (Å²) in [5.74, 6) is -2.22. The third kappa shape index (κ3) is 6.26. The van der Waals surface area contributed by atoms with E-state index in [0.29, 0.717) is 11.9 Å². The lowest BCUT2D eigenvalue weighted by Gasteiger charge is -2.34. The fraction of sp³-hybridized carbons (Fsp3) is 0.333. The third-order valence-corrected chi connectivity index (χ3v) is 8.46. The highest BCUT2D eigenvalue weighted by molar-refractivity contribution is 7.90. The highest BCUT2D eigenvalue weighted by Gasteiger charge is 2.21. The molecule has 0 radical (unpaired) electrons. The monoisotopic (exact) mass is 568 g/mol. The molecule has 0 unspecified atom stereocenters. The molecule has 10 nitrogen and oxygen atoms in total. The van der Waals surface area contributed by atoms with Gasteiger partial charge in [0.15, 0.2) is 21.5 Å². The molecule has 1 aliphatic rings. The summed E-state index contributed by atoms with van der Waals surface area (Å²) in [5.41, 5.74) is 1.84. The van der Waals surface area contributed by atoms with Gasteiger partial charge in [0.05, 0.1) is 17.7 Å². The number of anilines is 5. The zero-order chi connectivity index (χ0) is 28.3. The van der Waals surface area contributed by atoms with Gasteiger partial charge in [0, 0.05) is 43.1 Å². The Labute approximate surface area is 231 Å². The summed E-state index contributed by atoms with van der Waals surface area (Å²) >= 11 is 0. The molecule has 1 aliphatic heterocycles. The Kier molecular flexibility index (Phi) is 8.03. The summed E-state index contributed by atoms with van der Waals surface area (Å²) in [6.45, 7) is 5.68. The van der Waals surface area contributed by atoms with Crippen LogP contribution in [0.15, 0.2) is 48.9 Å². The van der Waals surface area contributed by atoms with Gasteiger partial charge in [-0.2, -0.15) is 0 Å². The van der Waals surface area contributed by atoms with Gasteiger partial charge in [-0.3, -0.25) is 0 Å². The topological polar surface area (TPSA) is 116 Å². The van der Waals surface area contributed by atoms with Crippen LogP contribution in [0.25, 0.3) is 11.0 Å². The van der Waals surface area contributed by atoms with Crippen molar-refractivity contribution in [2.45, 2.75) is 19.1 Å². The summed E-state index contributed by atoms with van der Waals surface area (Å²) in [5, 5.41) is 5.80. The zero-order valence-electron chi connectivity index (χ0n) is 22.2. The average Bonchev–Trinajstić information content (AvgIpc) is 2.93. The van der Waals surface area contributed by atoms with Crippen molar-refractivity contribution >= 4 is 49.7 Å². The lowest BCUT2D eigenvalue weighted by Crippen LogP contribution is -2.44. The largest absolute Gasteiger partial charge is 0.369 e. The molecule has 2 aromatic carbocycles. The first-order chi connectivity index (χ1) is 19.2. The van der Waals surface area contributed by atoms with Gasteiger partial charge in [0.2, 0.25) is 5.95 Å². The van der Waals surface area contributed by atoms with Crippen LogP contribution in [0.3, 0.4) is 0 Å². The molecular formula is C27H30F2N8O2S. The molecule has 0 spiro atoms. The fourth-order valence-corrected chi connectivity index (χ4v) is 5.98. The molecule has 40 heavy (non-hydrogen) atoms. The van der Waals surface area contributed by atoms with Crippen LogP contribution in [0.2, 0.25) is 0 Å². The first kappa shape index (κ1) is 27.6. The predicted molar refractivity (Wildman–Crippen MR) is 152 cm³/mol. The summed E-state index contributed by atoms with van der Waals surface area (Å²) in [6.07, 6.45) is 3.11. The normalized spacial score (nSPS) is 14.4. The van der Waals surface area contributed by atoms with Crippen molar-refractivity contribution < 1.29 is 17.2 Å². The van der Waals surface area contributed by atoms with Crippen molar-refractivity contribution in [3.63, 3.8) is 0 Å². The Morgan fingerprint density at radius 1 is 0.950 bits per heavy atom. The van der Waals surface area contributed by atoms with Crippen LogP contribution < -0.4 is 15.5 Å². The number of piperazine rings is 1. The molecule has 0 saturated carbocycles. The van der Waals surface area contributed by atoms with Gasteiger partial charge in [-0.05, 0) is 43.8 Å². The van der Waals surface area contributed by atoms with Crippen molar-refractivity contribution in [2.24, 2.45) is 0 Å². The van der Waals surface area contributed by atoms with Gasteiger partial charge >= 0.3 is 0 Å². The molecule has 3 heterocycles. The minimum atomic E-state index is -3.54. The van der Waals surface area contributed by atoms with Gasteiger partial charge in [-0.15, -0.1) is 0 Å². The Morgan fingerprint density at radius 2 is 1.70 bits per heavy atom.